The highest BCUT2D eigenvalue weighted by Crippen LogP contribution is 2.46. The number of rotatable bonds is 2. The summed E-state index contributed by atoms with van der Waals surface area (Å²) in [6.07, 6.45) is -4.64. The van der Waals surface area contributed by atoms with Gasteiger partial charge in [0.25, 0.3) is 0 Å². The fourth-order valence-electron chi connectivity index (χ4n) is 4.25. The zero-order valence-corrected chi connectivity index (χ0v) is 18.5. The normalized spacial score (nSPS) is 19.1. The van der Waals surface area contributed by atoms with Crippen molar-refractivity contribution in [1.82, 2.24) is 0 Å². The van der Waals surface area contributed by atoms with Gasteiger partial charge in [0.05, 0.1) is 16.4 Å². The second kappa shape index (κ2) is 7.30. The quantitative estimate of drug-likeness (QED) is 0.512. The Balaban J connectivity index is 2.23. The molecule has 1 fully saturated rings. The lowest BCUT2D eigenvalue weighted by molar-refractivity contribution is -0.157. The summed E-state index contributed by atoms with van der Waals surface area (Å²) in [5, 5.41) is -0.0527. The van der Waals surface area contributed by atoms with E-state index in [1.165, 1.54) is 52.0 Å². The SMILES string of the molecule is Cc1ccc(-c2ccc(Cl)cc2C(F)(F)F)cc1C1C(=O)C(C)(C)C(=O)C(C)(C)C1=O. The zero-order valence-electron chi connectivity index (χ0n) is 17.8. The van der Waals surface area contributed by atoms with Crippen molar-refractivity contribution in [3.63, 3.8) is 0 Å². The average molecular weight is 451 g/mol. The molecular formula is C24H22ClF3O3. The lowest BCUT2D eigenvalue weighted by Crippen LogP contribution is -2.56. The van der Waals surface area contributed by atoms with Crippen LogP contribution in [0.2, 0.25) is 5.02 Å². The topological polar surface area (TPSA) is 51.2 Å². The molecule has 1 aliphatic rings. The summed E-state index contributed by atoms with van der Waals surface area (Å²) in [6.45, 7) is 7.62. The number of Topliss-reactive ketones (excluding diaryl/α,β-unsaturated/α-hetero) is 3. The van der Waals surface area contributed by atoms with Crippen LogP contribution in [0.25, 0.3) is 11.1 Å². The van der Waals surface area contributed by atoms with Gasteiger partial charge in [0.15, 0.2) is 17.3 Å². The van der Waals surface area contributed by atoms with Gasteiger partial charge in [-0.2, -0.15) is 13.2 Å². The van der Waals surface area contributed by atoms with Gasteiger partial charge in [-0.05, 0) is 75.1 Å². The Morgan fingerprint density at radius 3 is 1.94 bits per heavy atom. The van der Waals surface area contributed by atoms with Crippen molar-refractivity contribution < 1.29 is 27.6 Å². The summed E-state index contributed by atoms with van der Waals surface area (Å²) in [7, 11) is 0. The number of alkyl halides is 3. The number of ketones is 3. The number of hydrogen-bond donors (Lipinski definition) is 0. The van der Waals surface area contributed by atoms with E-state index < -0.39 is 45.8 Å². The molecule has 0 unspecified atom stereocenters. The average Bonchev–Trinajstić information content (AvgIpc) is 2.67. The maximum absolute atomic E-state index is 13.6. The molecule has 31 heavy (non-hydrogen) atoms. The highest BCUT2D eigenvalue weighted by molar-refractivity contribution is 6.31. The van der Waals surface area contributed by atoms with E-state index in [2.05, 4.69) is 0 Å². The molecule has 0 amide bonds. The molecule has 3 nitrogen and oxygen atoms in total. The molecule has 3 rings (SSSR count). The van der Waals surface area contributed by atoms with Crippen LogP contribution >= 0.6 is 11.6 Å². The Labute approximate surface area is 183 Å². The second-order valence-corrected chi connectivity index (χ2v) is 9.44. The fourth-order valence-corrected chi connectivity index (χ4v) is 4.42. The molecule has 1 saturated carbocycles. The number of aryl methyl sites for hydroxylation is 1. The van der Waals surface area contributed by atoms with Gasteiger partial charge >= 0.3 is 6.18 Å². The van der Waals surface area contributed by atoms with Crippen molar-refractivity contribution in [2.45, 2.75) is 46.7 Å². The van der Waals surface area contributed by atoms with Crippen LogP contribution in [-0.4, -0.2) is 17.3 Å². The predicted molar refractivity (Wildman–Crippen MR) is 112 cm³/mol. The largest absolute Gasteiger partial charge is 0.417 e. The summed E-state index contributed by atoms with van der Waals surface area (Å²) < 4.78 is 40.8. The molecule has 0 radical (unpaired) electrons. The van der Waals surface area contributed by atoms with Crippen molar-refractivity contribution >= 4 is 29.0 Å². The molecule has 0 bridgehead atoms. The minimum Gasteiger partial charge on any atom is -0.298 e. The summed E-state index contributed by atoms with van der Waals surface area (Å²) >= 11 is 5.78. The van der Waals surface area contributed by atoms with E-state index in [0.29, 0.717) is 11.1 Å². The van der Waals surface area contributed by atoms with Gasteiger partial charge < -0.3 is 0 Å². The van der Waals surface area contributed by atoms with Gasteiger partial charge in [-0.3, -0.25) is 14.4 Å². The third kappa shape index (κ3) is 3.71. The van der Waals surface area contributed by atoms with Gasteiger partial charge in [0.1, 0.15) is 5.92 Å². The van der Waals surface area contributed by atoms with E-state index in [0.717, 1.165) is 6.07 Å². The maximum atomic E-state index is 13.6. The molecule has 0 aliphatic heterocycles. The molecule has 164 valence electrons. The first kappa shape index (κ1) is 23.2. The van der Waals surface area contributed by atoms with Gasteiger partial charge in [0.2, 0.25) is 0 Å². The molecule has 0 spiro atoms. The standard InChI is InChI=1S/C24H22ClF3O3/c1-12-6-7-13(15-9-8-14(25)11-17(15)24(26,27)28)10-16(12)18-19(29)22(2,3)21(31)23(4,5)20(18)30/h6-11,18H,1-5H3. The van der Waals surface area contributed by atoms with Crippen molar-refractivity contribution in [2.75, 3.05) is 0 Å². The molecule has 0 heterocycles. The molecule has 0 aromatic heterocycles. The van der Waals surface area contributed by atoms with Crippen LogP contribution in [0.5, 0.6) is 0 Å². The van der Waals surface area contributed by atoms with Crippen molar-refractivity contribution in [2.24, 2.45) is 10.8 Å². The summed E-state index contributed by atoms with van der Waals surface area (Å²) in [4.78, 5) is 39.1. The fraction of sp³-hybridized carbons (Fsp3) is 0.375. The lowest BCUT2D eigenvalue weighted by Gasteiger charge is -2.41. The third-order valence-corrected chi connectivity index (χ3v) is 6.32. The summed E-state index contributed by atoms with van der Waals surface area (Å²) in [6, 6.07) is 8.00. The first-order valence-electron chi connectivity index (χ1n) is 9.71. The van der Waals surface area contributed by atoms with E-state index in [9.17, 15) is 27.6 Å². The number of carbonyl (C=O) groups is 3. The van der Waals surface area contributed by atoms with Gasteiger partial charge in [-0.25, -0.2) is 0 Å². The molecular weight excluding hydrogens is 429 g/mol. The smallest absolute Gasteiger partial charge is 0.298 e. The minimum atomic E-state index is -4.64. The Kier molecular flexibility index (Phi) is 5.46. The van der Waals surface area contributed by atoms with Crippen molar-refractivity contribution in [3.05, 3.63) is 58.1 Å². The van der Waals surface area contributed by atoms with Gasteiger partial charge in [-0.15, -0.1) is 0 Å². The minimum absolute atomic E-state index is 0.0527. The number of carbonyl (C=O) groups excluding carboxylic acids is 3. The van der Waals surface area contributed by atoms with Crippen LogP contribution in [0.4, 0.5) is 13.2 Å². The molecule has 7 heteroatoms. The van der Waals surface area contributed by atoms with Crippen LogP contribution in [0.1, 0.15) is 50.3 Å². The Morgan fingerprint density at radius 1 is 0.871 bits per heavy atom. The molecule has 2 aromatic rings. The van der Waals surface area contributed by atoms with Crippen LogP contribution in [0.3, 0.4) is 0 Å². The van der Waals surface area contributed by atoms with E-state index in [1.807, 2.05) is 0 Å². The van der Waals surface area contributed by atoms with E-state index in [4.69, 9.17) is 11.6 Å². The van der Waals surface area contributed by atoms with Gasteiger partial charge in [-0.1, -0.05) is 29.8 Å². The van der Waals surface area contributed by atoms with Gasteiger partial charge in [0, 0.05) is 5.02 Å². The van der Waals surface area contributed by atoms with E-state index in [-0.39, 0.29) is 16.1 Å². The lowest BCUT2D eigenvalue weighted by atomic mass is 9.57. The Hall–Kier alpha value is -2.47. The summed E-state index contributed by atoms with van der Waals surface area (Å²) in [5.41, 5.74) is -2.69. The third-order valence-electron chi connectivity index (χ3n) is 6.08. The number of hydrogen-bond acceptors (Lipinski definition) is 3. The molecule has 0 saturated heterocycles. The second-order valence-electron chi connectivity index (χ2n) is 9.00. The summed E-state index contributed by atoms with van der Waals surface area (Å²) in [5.74, 6) is -2.79. The molecule has 1 aliphatic carbocycles. The van der Waals surface area contributed by atoms with E-state index >= 15 is 0 Å². The Bertz CT molecular complexity index is 1080. The molecule has 0 N–H and O–H groups in total. The Morgan fingerprint density at radius 2 is 1.42 bits per heavy atom. The van der Waals surface area contributed by atoms with Crippen molar-refractivity contribution in [3.8, 4) is 11.1 Å². The van der Waals surface area contributed by atoms with Crippen LogP contribution in [-0.2, 0) is 20.6 Å². The highest BCUT2D eigenvalue weighted by atomic mass is 35.5. The highest BCUT2D eigenvalue weighted by Gasteiger charge is 2.58. The predicted octanol–water partition coefficient (Wildman–Crippen LogP) is 6.19. The van der Waals surface area contributed by atoms with Crippen LogP contribution in [0.15, 0.2) is 36.4 Å². The molecule has 0 atom stereocenters. The molecule has 2 aromatic carbocycles. The first-order valence-corrected chi connectivity index (χ1v) is 10.1. The number of benzene rings is 2. The number of halogens is 4. The van der Waals surface area contributed by atoms with E-state index in [1.54, 1.807) is 13.0 Å². The van der Waals surface area contributed by atoms with Crippen LogP contribution < -0.4 is 0 Å². The zero-order chi connectivity index (χ0) is 23.5. The van der Waals surface area contributed by atoms with Crippen molar-refractivity contribution in [1.29, 1.82) is 0 Å². The first-order chi connectivity index (χ1) is 14.1. The maximum Gasteiger partial charge on any atom is 0.417 e. The van der Waals surface area contributed by atoms with Crippen LogP contribution in [0, 0.1) is 17.8 Å². The monoisotopic (exact) mass is 450 g/mol.